The first-order valence-corrected chi connectivity index (χ1v) is 7.09. The summed E-state index contributed by atoms with van der Waals surface area (Å²) in [6, 6.07) is 6.85. The molecule has 0 saturated heterocycles. The van der Waals surface area contributed by atoms with Crippen LogP contribution in [0.5, 0.6) is 5.75 Å². The summed E-state index contributed by atoms with van der Waals surface area (Å²) in [6.07, 6.45) is 4.27. The topological polar surface area (TPSA) is 81.6 Å². The molecule has 1 aromatic rings. The van der Waals surface area contributed by atoms with E-state index in [4.69, 9.17) is 5.11 Å². The molecule has 1 fully saturated rings. The van der Waals surface area contributed by atoms with Crippen molar-refractivity contribution in [1.29, 1.82) is 0 Å². The number of hydrogen-bond donors (Lipinski definition) is 4. The van der Waals surface area contributed by atoms with Crippen molar-refractivity contribution in [2.45, 2.75) is 37.7 Å². The van der Waals surface area contributed by atoms with Gasteiger partial charge in [0, 0.05) is 13.1 Å². The Labute approximate surface area is 119 Å². The van der Waals surface area contributed by atoms with E-state index < -0.39 is 5.60 Å². The molecule has 1 saturated carbocycles. The molecule has 1 aromatic carbocycles. The molecule has 0 spiro atoms. The van der Waals surface area contributed by atoms with Gasteiger partial charge in [0.25, 0.3) is 0 Å². The van der Waals surface area contributed by atoms with E-state index in [1.54, 1.807) is 12.1 Å². The van der Waals surface area contributed by atoms with E-state index in [0.717, 1.165) is 37.7 Å². The van der Waals surface area contributed by atoms with Crippen LogP contribution in [0.3, 0.4) is 0 Å². The monoisotopic (exact) mass is 278 g/mol. The van der Waals surface area contributed by atoms with E-state index in [1.807, 2.05) is 12.1 Å². The molecule has 0 bridgehead atoms. The van der Waals surface area contributed by atoms with E-state index in [2.05, 4.69) is 10.6 Å². The Bertz CT molecular complexity index is 441. The molecule has 2 rings (SSSR count). The third-order valence-corrected chi connectivity index (χ3v) is 3.73. The summed E-state index contributed by atoms with van der Waals surface area (Å²) in [5.74, 6) is 0.264. The molecule has 110 valence electrons. The summed E-state index contributed by atoms with van der Waals surface area (Å²) < 4.78 is 0. The molecule has 20 heavy (non-hydrogen) atoms. The molecule has 0 radical (unpaired) electrons. The second kappa shape index (κ2) is 6.61. The minimum absolute atomic E-state index is 0.226. The molecule has 0 heterocycles. The summed E-state index contributed by atoms with van der Waals surface area (Å²) in [6.45, 7) is 0.919. The molecule has 5 heteroatoms. The standard InChI is InChI=1S/C15H22N2O3/c18-13-6-4-12(5-7-13)3-1-10-16-14(19)17-11-15(20)8-2-9-15/h4-7,18,20H,1-3,8-11H2,(H2,16,17,19). The number of hydrogen-bond acceptors (Lipinski definition) is 3. The Morgan fingerprint density at radius 3 is 2.50 bits per heavy atom. The zero-order chi connectivity index (χ0) is 14.4. The number of nitrogens with one attached hydrogen (secondary N) is 2. The Balaban J connectivity index is 1.56. The fraction of sp³-hybridized carbons (Fsp3) is 0.533. The lowest BCUT2D eigenvalue weighted by molar-refractivity contribution is -0.0290. The van der Waals surface area contributed by atoms with Gasteiger partial charge in [0.1, 0.15) is 5.75 Å². The maximum atomic E-state index is 11.5. The van der Waals surface area contributed by atoms with Crippen molar-refractivity contribution in [1.82, 2.24) is 10.6 Å². The summed E-state index contributed by atoms with van der Waals surface area (Å²) in [7, 11) is 0. The van der Waals surface area contributed by atoms with Crippen molar-refractivity contribution < 1.29 is 15.0 Å². The number of phenols is 1. The van der Waals surface area contributed by atoms with Crippen molar-refractivity contribution in [3.05, 3.63) is 29.8 Å². The number of urea groups is 1. The second-order valence-corrected chi connectivity index (χ2v) is 5.46. The van der Waals surface area contributed by atoms with E-state index >= 15 is 0 Å². The van der Waals surface area contributed by atoms with Crippen LogP contribution in [0, 0.1) is 0 Å². The van der Waals surface area contributed by atoms with Crippen LogP contribution in [0.2, 0.25) is 0 Å². The predicted octanol–water partition coefficient (Wildman–Crippen LogP) is 1.54. The van der Waals surface area contributed by atoms with Gasteiger partial charge >= 0.3 is 6.03 Å². The van der Waals surface area contributed by atoms with Crippen LogP contribution in [0.4, 0.5) is 4.79 Å². The van der Waals surface area contributed by atoms with Crippen molar-refractivity contribution in [3.8, 4) is 5.75 Å². The second-order valence-electron chi connectivity index (χ2n) is 5.46. The van der Waals surface area contributed by atoms with Gasteiger partial charge in [-0.15, -0.1) is 0 Å². The number of phenolic OH excluding ortho intramolecular Hbond substituents is 1. The maximum absolute atomic E-state index is 11.5. The first-order chi connectivity index (χ1) is 9.57. The largest absolute Gasteiger partial charge is 0.508 e. The Morgan fingerprint density at radius 1 is 1.20 bits per heavy atom. The number of carbonyl (C=O) groups excluding carboxylic acids is 1. The van der Waals surface area contributed by atoms with Crippen LogP contribution in [0.15, 0.2) is 24.3 Å². The normalized spacial score (nSPS) is 16.2. The van der Waals surface area contributed by atoms with Crippen LogP contribution >= 0.6 is 0 Å². The Kier molecular flexibility index (Phi) is 4.84. The minimum Gasteiger partial charge on any atom is -0.508 e. The molecular weight excluding hydrogens is 256 g/mol. The van der Waals surface area contributed by atoms with E-state index in [0.29, 0.717) is 13.1 Å². The van der Waals surface area contributed by atoms with E-state index in [9.17, 15) is 9.90 Å². The Hall–Kier alpha value is -1.75. The summed E-state index contributed by atoms with van der Waals surface area (Å²) in [5, 5.41) is 24.5. The molecule has 0 unspecified atom stereocenters. The molecule has 5 nitrogen and oxygen atoms in total. The lowest BCUT2D eigenvalue weighted by atomic mass is 9.80. The number of carbonyl (C=O) groups is 1. The number of aryl methyl sites for hydroxylation is 1. The highest BCUT2D eigenvalue weighted by Gasteiger charge is 2.34. The molecule has 0 aromatic heterocycles. The maximum Gasteiger partial charge on any atom is 0.314 e. The van der Waals surface area contributed by atoms with Crippen LogP contribution in [0.25, 0.3) is 0 Å². The van der Waals surface area contributed by atoms with Crippen molar-refractivity contribution in [2.24, 2.45) is 0 Å². The number of aliphatic hydroxyl groups is 1. The molecular formula is C15H22N2O3. The van der Waals surface area contributed by atoms with Crippen LogP contribution in [0.1, 0.15) is 31.2 Å². The average molecular weight is 278 g/mol. The average Bonchev–Trinajstić information content (AvgIpc) is 2.41. The van der Waals surface area contributed by atoms with Gasteiger partial charge in [0.2, 0.25) is 0 Å². The molecule has 0 aliphatic heterocycles. The highest BCUT2D eigenvalue weighted by atomic mass is 16.3. The lowest BCUT2D eigenvalue weighted by Crippen LogP contribution is -2.50. The van der Waals surface area contributed by atoms with Gasteiger partial charge < -0.3 is 20.8 Å². The summed E-state index contributed by atoms with van der Waals surface area (Å²) >= 11 is 0. The third-order valence-electron chi connectivity index (χ3n) is 3.73. The van der Waals surface area contributed by atoms with E-state index in [-0.39, 0.29) is 11.8 Å². The molecule has 1 aliphatic carbocycles. The molecule has 1 aliphatic rings. The zero-order valence-electron chi connectivity index (χ0n) is 11.6. The fourth-order valence-electron chi connectivity index (χ4n) is 2.23. The SMILES string of the molecule is O=C(NCCCc1ccc(O)cc1)NCC1(O)CCC1. The molecule has 2 amide bonds. The van der Waals surface area contributed by atoms with Crippen LogP contribution in [-0.2, 0) is 6.42 Å². The number of amides is 2. The lowest BCUT2D eigenvalue weighted by Gasteiger charge is -2.36. The van der Waals surface area contributed by atoms with Crippen molar-refractivity contribution >= 4 is 6.03 Å². The molecule has 4 N–H and O–H groups in total. The first-order valence-electron chi connectivity index (χ1n) is 7.09. The van der Waals surface area contributed by atoms with E-state index in [1.165, 1.54) is 0 Å². The highest BCUT2D eigenvalue weighted by Crippen LogP contribution is 2.30. The highest BCUT2D eigenvalue weighted by molar-refractivity contribution is 5.73. The fourth-order valence-corrected chi connectivity index (χ4v) is 2.23. The minimum atomic E-state index is -0.677. The van der Waals surface area contributed by atoms with Gasteiger partial charge in [0.05, 0.1) is 5.60 Å². The van der Waals surface area contributed by atoms with Crippen LogP contribution in [-0.4, -0.2) is 34.9 Å². The number of aromatic hydroxyl groups is 1. The zero-order valence-corrected chi connectivity index (χ0v) is 11.6. The molecule has 0 atom stereocenters. The van der Waals surface area contributed by atoms with Gasteiger partial charge in [-0.1, -0.05) is 12.1 Å². The quantitative estimate of drug-likeness (QED) is 0.596. The summed E-state index contributed by atoms with van der Waals surface area (Å²) in [5.41, 5.74) is 0.456. The van der Waals surface area contributed by atoms with Crippen molar-refractivity contribution in [3.63, 3.8) is 0 Å². The number of rotatable bonds is 6. The van der Waals surface area contributed by atoms with Gasteiger partial charge in [-0.25, -0.2) is 4.79 Å². The Morgan fingerprint density at radius 2 is 1.90 bits per heavy atom. The first kappa shape index (κ1) is 14.7. The smallest absolute Gasteiger partial charge is 0.314 e. The summed E-state index contributed by atoms with van der Waals surface area (Å²) in [4.78, 5) is 11.5. The van der Waals surface area contributed by atoms with Gasteiger partial charge in [-0.3, -0.25) is 0 Å². The predicted molar refractivity (Wildman–Crippen MR) is 76.6 cm³/mol. The van der Waals surface area contributed by atoms with Crippen LogP contribution < -0.4 is 10.6 Å². The van der Waals surface area contributed by atoms with Gasteiger partial charge in [-0.2, -0.15) is 0 Å². The van der Waals surface area contributed by atoms with Gasteiger partial charge in [-0.05, 0) is 49.8 Å². The third kappa shape index (κ3) is 4.42. The van der Waals surface area contributed by atoms with Crippen molar-refractivity contribution in [2.75, 3.05) is 13.1 Å². The number of benzene rings is 1. The van der Waals surface area contributed by atoms with Gasteiger partial charge in [0.15, 0.2) is 0 Å².